The molecule has 136 valence electrons. The van der Waals surface area contributed by atoms with E-state index >= 15 is 0 Å². The molecule has 0 aliphatic heterocycles. The molecule has 4 rings (SSSR count). The maximum Gasteiger partial charge on any atom is 0.236 e. The summed E-state index contributed by atoms with van der Waals surface area (Å²) in [4.78, 5) is 25.9. The van der Waals surface area contributed by atoms with Crippen LogP contribution in [-0.2, 0) is 4.79 Å². The van der Waals surface area contributed by atoms with Gasteiger partial charge in [0.2, 0.25) is 5.91 Å². The fourth-order valence-corrected chi connectivity index (χ4v) is 4.90. The molecule has 2 aromatic carbocycles. The molecule has 4 aromatic rings. The van der Waals surface area contributed by atoms with Crippen LogP contribution < -0.4 is 5.32 Å². The normalized spacial score (nSPS) is 11.2. The number of carbonyl (C=O) groups excluding carboxylic acids is 1. The Labute approximate surface area is 165 Å². The predicted octanol–water partition coefficient (Wildman–Crippen LogP) is 4.90. The van der Waals surface area contributed by atoms with Gasteiger partial charge >= 0.3 is 0 Å². The van der Waals surface area contributed by atoms with E-state index in [9.17, 15) is 4.79 Å². The summed E-state index contributed by atoms with van der Waals surface area (Å²) >= 11 is 2.92. The first kappa shape index (κ1) is 17.9. The van der Waals surface area contributed by atoms with Crippen LogP contribution in [0.25, 0.3) is 21.1 Å². The van der Waals surface area contributed by atoms with Crippen LogP contribution >= 0.6 is 23.1 Å². The van der Waals surface area contributed by atoms with Crippen molar-refractivity contribution in [2.24, 2.45) is 0 Å². The van der Waals surface area contributed by atoms with Crippen molar-refractivity contribution in [3.8, 4) is 0 Å². The molecule has 1 amide bonds. The average Bonchev–Trinajstić information content (AvgIpc) is 3.02. The minimum absolute atomic E-state index is 0.0891. The van der Waals surface area contributed by atoms with Gasteiger partial charge in [0, 0.05) is 5.39 Å². The lowest BCUT2D eigenvalue weighted by Gasteiger charge is -2.06. The number of hydrogen-bond donors (Lipinski definition) is 1. The molecule has 0 aliphatic carbocycles. The average molecular weight is 395 g/mol. The number of carbonyl (C=O) groups is 1. The van der Waals surface area contributed by atoms with Gasteiger partial charge in [0.15, 0.2) is 5.13 Å². The molecule has 1 N–H and O–H groups in total. The Kier molecular flexibility index (Phi) is 4.80. The Hall–Kier alpha value is -2.51. The van der Waals surface area contributed by atoms with E-state index in [0.29, 0.717) is 11.0 Å². The molecule has 0 saturated carbocycles. The minimum atomic E-state index is -0.0891. The third-order valence-corrected chi connectivity index (χ3v) is 6.01. The molecule has 0 unspecified atom stereocenters. The SMILES string of the molecule is Cc1cc(C)c2nc(NC(=O)CSc3nc(C)nc4ccccc34)sc2c1. The highest BCUT2D eigenvalue weighted by Crippen LogP contribution is 2.30. The van der Waals surface area contributed by atoms with Crippen LogP contribution in [-0.4, -0.2) is 26.6 Å². The number of benzene rings is 2. The summed E-state index contributed by atoms with van der Waals surface area (Å²) in [5.41, 5.74) is 4.16. The van der Waals surface area contributed by atoms with E-state index in [0.717, 1.165) is 31.7 Å². The van der Waals surface area contributed by atoms with Crippen molar-refractivity contribution < 1.29 is 4.79 Å². The molecule has 2 aromatic heterocycles. The molecule has 0 radical (unpaired) electrons. The number of aromatic nitrogens is 3. The maximum absolute atomic E-state index is 12.4. The second-order valence-corrected chi connectivity index (χ2v) is 8.37. The zero-order valence-corrected chi connectivity index (χ0v) is 16.9. The van der Waals surface area contributed by atoms with Crippen molar-refractivity contribution >= 4 is 55.3 Å². The molecule has 0 fully saturated rings. The third kappa shape index (κ3) is 3.79. The Morgan fingerprint density at radius 1 is 1.11 bits per heavy atom. The van der Waals surface area contributed by atoms with E-state index in [-0.39, 0.29) is 11.7 Å². The van der Waals surface area contributed by atoms with Gasteiger partial charge in [0.05, 0.1) is 21.5 Å². The summed E-state index contributed by atoms with van der Waals surface area (Å²) in [5, 5.41) is 5.34. The zero-order valence-electron chi connectivity index (χ0n) is 15.2. The fourth-order valence-electron chi connectivity index (χ4n) is 2.98. The van der Waals surface area contributed by atoms with E-state index in [4.69, 9.17) is 0 Å². The van der Waals surface area contributed by atoms with Gasteiger partial charge in [-0.05, 0) is 44.0 Å². The molecule has 0 atom stereocenters. The molecule has 0 bridgehead atoms. The van der Waals surface area contributed by atoms with Crippen LogP contribution in [0.1, 0.15) is 17.0 Å². The molecule has 2 heterocycles. The molecular formula is C20H18N4OS2. The van der Waals surface area contributed by atoms with E-state index in [1.807, 2.05) is 38.1 Å². The van der Waals surface area contributed by atoms with Crippen LogP contribution in [0.2, 0.25) is 0 Å². The van der Waals surface area contributed by atoms with E-state index in [1.165, 1.54) is 28.7 Å². The summed E-state index contributed by atoms with van der Waals surface area (Å²) in [7, 11) is 0. The predicted molar refractivity (Wildman–Crippen MR) is 113 cm³/mol. The van der Waals surface area contributed by atoms with Crippen molar-refractivity contribution in [2.75, 3.05) is 11.1 Å². The number of fused-ring (bicyclic) bond motifs is 2. The van der Waals surface area contributed by atoms with Gasteiger partial charge in [-0.15, -0.1) is 0 Å². The van der Waals surface area contributed by atoms with Gasteiger partial charge in [0.1, 0.15) is 10.9 Å². The first-order valence-electron chi connectivity index (χ1n) is 8.53. The topological polar surface area (TPSA) is 67.8 Å². The number of thioether (sulfide) groups is 1. The van der Waals surface area contributed by atoms with Gasteiger partial charge in [-0.25, -0.2) is 15.0 Å². The number of amides is 1. The molecular weight excluding hydrogens is 376 g/mol. The quantitative estimate of drug-likeness (QED) is 0.394. The first-order chi connectivity index (χ1) is 13.0. The zero-order chi connectivity index (χ0) is 19.0. The molecule has 0 aliphatic rings. The lowest BCUT2D eigenvalue weighted by molar-refractivity contribution is -0.113. The molecule has 0 spiro atoms. The van der Waals surface area contributed by atoms with Gasteiger partial charge in [-0.3, -0.25) is 4.79 Å². The van der Waals surface area contributed by atoms with Crippen molar-refractivity contribution in [2.45, 2.75) is 25.8 Å². The van der Waals surface area contributed by atoms with Crippen molar-refractivity contribution in [3.05, 3.63) is 53.3 Å². The highest BCUT2D eigenvalue weighted by Gasteiger charge is 2.12. The number of thiazole rings is 1. The van der Waals surface area contributed by atoms with Gasteiger partial charge in [-0.1, -0.05) is 47.4 Å². The highest BCUT2D eigenvalue weighted by atomic mass is 32.2. The second-order valence-electron chi connectivity index (χ2n) is 6.38. The van der Waals surface area contributed by atoms with Crippen molar-refractivity contribution in [1.29, 1.82) is 0 Å². The van der Waals surface area contributed by atoms with E-state index in [2.05, 4.69) is 39.3 Å². The van der Waals surface area contributed by atoms with E-state index < -0.39 is 0 Å². The second kappa shape index (κ2) is 7.25. The van der Waals surface area contributed by atoms with Crippen LogP contribution in [0, 0.1) is 20.8 Å². The maximum atomic E-state index is 12.4. The van der Waals surface area contributed by atoms with Crippen molar-refractivity contribution in [1.82, 2.24) is 15.0 Å². The Balaban J connectivity index is 1.50. The van der Waals surface area contributed by atoms with Gasteiger partial charge in [0.25, 0.3) is 0 Å². The fraction of sp³-hybridized carbons (Fsp3) is 0.200. The summed E-state index contributed by atoms with van der Waals surface area (Å²) in [6.07, 6.45) is 0. The number of hydrogen-bond acceptors (Lipinski definition) is 6. The van der Waals surface area contributed by atoms with Crippen LogP contribution in [0.5, 0.6) is 0 Å². The van der Waals surface area contributed by atoms with Crippen LogP contribution in [0.15, 0.2) is 41.4 Å². The van der Waals surface area contributed by atoms with Crippen molar-refractivity contribution in [3.63, 3.8) is 0 Å². The number of para-hydroxylation sites is 1. The molecule has 0 saturated heterocycles. The summed E-state index contributed by atoms with van der Waals surface area (Å²) in [5.74, 6) is 0.886. The molecule has 27 heavy (non-hydrogen) atoms. The Bertz CT molecular complexity index is 1170. The number of anilines is 1. The van der Waals surface area contributed by atoms with Crippen LogP contribution in [0.3, 0.4) is 0 Å². The highest BCUT2D eigenvalue weighted by molar-refractivity contribution is 8.00. The number of aryl methyl sites for hydroxylation is 3. The Morgan fingerprint density at radius 3 is 2.78 bits per heavy atom. The molecule has 7 heteroatoms. The number of nitrogens with one attached hydrogen (secondary N) is 1. The summed E-state index contributed by atoms with van der Waals surface area (Å²) in [6.45, 7) is 5.97. The largest absolute Gasteiger partial charge is 0.301 e. The number of nitrogens with zero attached hydrogens (tertiary/aromatic N) is 3. The standard InChI is InChI=1S/C20H18N4OS2/c1-11-8-12(2)18-16(9-11)27-20(24-18)23-17(25)10-26-19-14-6-4-5-7-15(14)21-13(3)22-19/h4-9H,10H2,1-3H3,(H,23,24,25). The van der Waals surface area contributed by atoms with Gasteiger partial charge in [-0.2, -0.15) is 0 Å². The Morgan fingerprint density at radius 2 is 1.93 bits per heavy atom. The van der Waals surface area contributed by atoms with E-state index in [1.54, 1.807) is 0 Å². The lowest BCUT2D eigenvalue weighted by Crippen LogP contribution is -2.14. The van der Waals surface area contributed by atoms with Crippen LogP contribution in [0.4, 0.5) is 5.13 Å². The first-order valence-corrected chi connectivity index (χ1v) is 10.3. The summed E-state index contributed by atoms with van der Waals surface area (Å²) in [6, 6.07) is 12.0. The third-order valence-electron chi connectivity index (χ3n) is 4.10. The minimum Gasteiger partial charge on any atom is -0.301 e. The summed E-state index contributed by atoms with van der Waals surface area (Å²) < 4.78 is 1.09. The van der Waals surface area contributed by atoms with Gasteiger partial charge < -0.3 is 5.32 Å². The smallest absolute Gasteiger partial charge is 0.236 e. The monoisotopic (exact) mass is 394 g/mol. The molecule has 5 nitrogen and oxygen atoms in total. The lowest BCUT2D eigenvalue weighted by atomic mass is 10.1. The number of rotatable bonds is 4.